The molecule has 6 heteroatoms. The topological polar surface area (TPSA) is 93.9 Å². The number of pyridine rings is 1. The minimum absolute atomic E-state index is 0.106. The number of fused-ring (bicyclic) bond motifs is 1. The van der Waals surface area contributed by atoms with Crippen molar-refractivity contribution in [3.05, 3.63) is 42.2 Å². The summed E-state index contributed by atoms with van der Waals surface area (Å²) in [6.45, 7) is 2.24. The minimum Gasteiger partial charge on any atom is -0.491 e. The first-order chi connectivity index (χ1) is 10.2. The third-order valence-corrected chi connectivity index (χ3v) is 3.07. The Kier molecular flexibility index (Phi) is 3.27. The number of hydrogen-bond acceptors (Lipinski definition) is 4. The fourth-order valence-electron chi connectivity index (χ4n) is 2.18. The number of hydrogen-bond donors (Lipinski definition) is 2. The molecule has 2 aromatic heterocycles. The highest BCUT2D eigenvalue weighted by Crippen LogP contribution is 2.31. The van der Waals surface area contributed by atoms with Crippen LogP contribution >= 0.6 is 0 Å². The fourth-order valence-corrected chi connectivity index (χ4v) is 2.18. The minimum atomic E-state index is -0.628. The van der Waals surface area contributed by atoms with E-state index in [2.05, 4.69) is 15.0 Å². The highest BCUT2D eigenvalue weighted by Gasteiger charge is 2.18. The first kappa shape index (κ1) is 13.1. The number of nitrogens with two attached hydrogens (primary N) is 1. The first-order valence-electron chi connectivity index (χ1n) is 6.57. The molecule has 3 aromatic rings. The molecule has 0 bridgehead atoms. The number of H-pyrrole nitrogens is 1. The van der Waals surface area contributed by atoms with E-state index in [-0.39, 0.29) is 5.69 Å². The third kappa shape index (κ3) is 2.31. The number of imidazole rings is 1. The molecule has 0 unspecified atom stereocenters. The van der Waals surface area contributed by atoms with Crippen LogP contribution in [0.15, 0.2) is 36.5 Å². The lowest BCUT2D eigenvalue weighted by Crippen LogP contribution is -2.15. The highest BCUT2D eigenvalue weighted by molar-refractivity contribution is 5.96. The van der Waals surface area contributed by atoms with Gasteiger partial charge in [0.15, 0.2) is 11.4 Å². The summed E-state index contributed by atoms with van der Waals surface area (Å²) in [7, 11) is 0. The Hall–Kier alpha value is -2.89. The lowest BCUT2D eigenvalue weighted by Gasteiger charge is -2.10. The second-order valence-corrected chi connectivity index (χ2v) is 4.44. The van der Waals surface area contributed by atoms with E-state index in [1.165, 1.54) is 6.20 Å². The van der Waals surface area contributed by atoms with E-state index < -0.39 is 5.91 Å². The van der Waals surface area contributed by atoms with Gasteiger partial charge < -0.3 is 15.5 Å². The van der Waals surface area contributed by atoms with Crippen molar-refractivity contribution in [1.29, 1.82) is 0 Å². The Morgan fingerprint density at radius 1 is 1.33 bits per heavy atom. The molecule has 0 fully saturated rings. The van der Waals surface area contributed by atoms with Crippen LogP contribution in [0.4, 0.5) is 0 Å². The Labute approximate surface area is 121 Å². The Balaban J connectivity index is 2.21. The molecule has 3 N–H and O–H groups in total. The fraction of sp³-hybridized carbons (Fsp3) is 0.133. The molecule has 106 valence electrons. The van der Waals surface area contributed by atoms with Gasteiger partial charge >= 0.3 is 0 Å². The highest BCUT2D eigenvalue weighted by atomic mass is 16.5. The standard InChI is InChI=1S/C15H14N4O2/c1-2-21-13-9(7-8-17-12(13)14(16)20)15-18-10-5-3-4-6-11(10)19-15/h3-8H,2H2,1H3,(H2,16,20)(H,18,19). The summed E-state index contributed by atoms with van der Waals surface area (Å²) in [5.41, 5.74) is 7.87. The predicted molar refractivity (Wildman–Crippen MR) is 79.0 cm³/mol. The monoisotopic (exact) mass is 282 g/mol. The van der Waals surface area contributed by atoms with Crippen molar-refractivity contribution in [3.63, 3.8) is 0 Å². The van der Waals surface area contributed by atoms with Crippen molar-refractivity contribution in [2.75, 3.05) is 6.61 Å². The predicted octanol–water partition coefficient (Wildman–Crippen LogP) is 2.12. The summed E-state index contributed by atoms with van der Waals surface area (Å²) < 4.78 is 5.56. The molecule has 1 amide bonds. The maximum absolute atomic E-state index is 11.5. The number of ether oxygens (including phenoxy) is 1. The number of carbonyl (C=O) groups excluding carboxylic acids is 1. The summed E-state index contributed by atoms with van der Waals surface area (Å²) in [5, 5.41) is 0. The SMILES string of the molecule is CCOc1c(-c2nc3ccccc3[nH]2)ccnc1C(N)=O. The lowest BCUT2D eigenvalue weighted by molar-refractivity contribution is 0.0991. The van der Waals surface area contributed by atoms with Gasteiger partial charge in [0.05, 0.1) is 23.2 Å². The van der Waals surface area contributed by atoms with E-state index in [4.69, 9.17) is 10.5 Å². The molecule has 0 saturated heterocycles. The average Bonchev–Trinajstić information content (AvgIpc) is 2.91. The molecule has 0 saturated carbocycles. The summed E-state index contributed by atoms with van der Waals surface area (Å²) in [6, 6.07) is 9.43. The van der Waals surface area contributed by atoms with Gasteiger partial charge in [-0.25, -0.2) is 9.97 Å². The molecule has 0 aliphatic carbocycles. The van der Waals surface area contributed by atoms with Gasteiger partial charge in [0, 0.05) is 6.20 Å². The number of carbonyl (C=O) groups is 1. The zero-order valence-corrected chi connectivity index (χ0v) is 11.5. The third-order valence-electron chi connectivity index (χ3n) is 3.07. The number of primary amides is 1. The second-order valence-electron chi connectivity index (χ2n) is 4.44. The number of nitrogens with one attached hydrogen (secondary N) is 1. The molecule has 0 spiro atoms. The molecule has 3 rings (SSSR count). The molecule has 2 heterocycles. The van der Waals surface area contributed by atoms with Crippen molar-refractivity contribution in [1.82, 2.24) is 15.0 Å². The summed E-state index contributed by atoms with van der Waals surface area (Å²) in [6.07, 6.45) is 1.52. The van der Waals surface area contributed by atoms with E-state index in [1.807, 2.05) is 31.2 Å². The number of aromatic amines is 1. The quantitative estimate of drug-likeness (QED) is 0.766. The number of aromatic nitrogens is 3. The normalized spacial score (nSPS) is 10.7. The molecule has 0 atom stereocenters. The molecule has 0 aliphatic heterocycles. The van der Waals surface area contributed by atoms with Crippen molar-refractivity contribution in [2.24, 2.45) is 5.73 Å². The molecular formula is C15H14N4O2. The van der Waals surface area contributed by atoms with E-state index in [0.717, 1.165) is 11.0 Å². The maximum Gasteiger partial charge on any atom is 0.271 e. The smallest absolute Gasteiger partial charge is 0.271 e. The molecule has 6 nitrogen and oxygen atoms in total. The van der Waals surface area contributed by atoms with Crippen molar-refractivity contribution < 1.29 is 9.53 Å². The molecule has 0 aliphatic rings. The molecule has 1 aromatic carbocycles. The average molecular weight is 282 g/mol. The van der Waals surface area contributed by atoms with Crippen LogP contribution in [0, 0.1) is 0 Å². The zero-order valence-electron chi connectivity index (χ0n) is 11.5. The number of nitrogens with zero attached hydrogens (tertiary/aromatic N) is 2. The van der Waals surface area contributed by atoms with Crippen LogP contribution in [0.3, 0.4) is 0 Å². The van der Waals surface area contributed by atoms with Gasteiger partial charge in [-0.1, -0.05) is 12.1 Å². The second kappa shape index (κ2) is 5.24. The van der Waals surface area contributed by atoms with E-state index in [1.54, 1.807) is 6.07 Å². The number of rotatable bonds is 4. The number of benzene rings is 1. The maximum atomic E-state index is 11.5. The van der Waals surface area contributed by atoms with Crippen molar-refractivity contribution >= 4 is 16.9 Å². The molecular weight excluding hydrogens is 268 g/mol. The van der Waals surface area contributed by atoms with Gasteiger partial charge in [0.2, 0.25) is 0 Å². The number of para-hydroxylation sites is 2. The Bertz CT molecular complexity index is 777. The van der Waals surface area contributed by atoms with E-state index >= 15 is 0 Å². The van der Waals surface area contributed by atoms with Crippen LogP contribution in [-0.2, 0) is 0 Å². The van der Waals surface area contributed by atoms with E-state index in [9.17, 15) is 4.79 Å². The molecule has 0 radical (unpaired) electrons. The van der Waals surface area contributed by atoms with Crippen molar-refractivity contribution in [2.45, 2.75) is 6.92 Å². The summed E-state index contributed by atoms with van der Waals surface area (Å²) >= 11 is 0. The van der Waals surface area contributed by atoms with Crippen LogP contribution in [-0.4, -0.2) is 27.5 Å². The van der Waals surface area contributed by atoms with Gasteiger partial charge in [-0.05, 0) is 25.1 Å². The number of amides is 1. The lowest BCUT2D eigenvalue weighted by atomic mass is 10.2. The van der Waals surface area contributed by atoms with Crippen LogP contribution in [0.25, 0.3) is 22.4 Å². The Morgan fingerprint density at radius 3 is 2.86 bits per heavy atom. The summed E-state index contributed by atoms with van der Waals surface area (Å²) in [5.74, 6) is 0.340. The van der Waals surface area contributed by atoms with Crippen molar-refractivity contribution in [3.8, 4) is 17.1 Å². The van der Waals surface area contributed by atoms with Gasteiger partial charge in [-0.2, -0.15) is 0 Å². The van der Waals surface area contributed by atoms with E-state index in [0.29, 0.717) is 23.7 Å². The largest absolute Gasteiger partial charge is 0.491 e. The van der Waals surface area contributed by atoms with Crippen LogP contribution < -0.4 is 10.5 Å². The zero-order chi connectivity index (χ0) is 14.8. The molecule has 21 heavy (non-hydrogen) atoms. The first-order valence-corrected chi connectivity index (χ1v) is 6.57. The van der Waals surface area contributed by atoms with Gasteiger partial charge in [-0.3, -0.25) is 4.79 Å². The van der Waals surface area contributed by atoms with Crippen LogP contribution in [0.5, 0.6) is 5.75 Å². The summed E-state index contributed by atoms with van der Waals surface area (Å²) in [4.78, 5) is 23.2. The van der Waals surface area contributed by atoms with Gasteiger partial charge in [0.1, 0.15) is 5.82 Å². The van der Waals surface area contributed by atoms with Gasteiger partial charge in [0.25, 0.3) is 5.91 Å². The Morgan fingerprint density at radius 2 is 2.14 bits per heavy atom. The van der Waals surface area contributed by atoms with Crippen LogP contribution in [0.1, 0.15) is 17.4 Å². The van der Waals surface area contributed by atoms with Gasteiger partial charge in [-0.15, -0.1) is 0 Å². The van der Waals surface area contributed by atoms with Crippen LogP contribution in [0.2, 0.25) is 0 Å².